The molecule has 0 aliphatic carbocycles. The molecule has 2 aromatic carbocycles. The fourth-order valence-electron chi connectivity index (χ4n) is 2.53. The molecule has 3 N–H and O–H groups in total. The number of carbonyl (C=O) groups is 1. The van der Waals surface area contributed by atoms with Gasteiger partial charge in [0.05, 0.1) is 0 Å². The summed E-state index contributed by atoms with van der Waals surface area (Å²) < 4.78 is 0. The third-order valence-corrected chi connectivity index (χ3v) is 3.59. The van der Waals surface area contributed by atoms with Gasteiger partial charge in [-0.15, -0.1) is 0 Å². The number of carboxylic acid groups (broad SMARTS) is 1. The molecule has 116 valence electrons. The van der Waals surface area contributed by atoms with Crippen molar-refractivity contribution in [2.24, 2.45) is 0 Å². The van der Waals surface area contributed by atoms with Crippen LogP contribution < -0.4 is 10.6 Å². The number of rotatable bonds is 8. The lowest BCUT2D eigenvalue weighted by Crippen LogP contribution is -2.31. The second-order valence-electron chi connectivity index (χ2n) is 5.14. The van der Waals surface area contributed by atoms with Gasteiger partial charge in [0.25, 0.3) is 0 Å². The maximum atomic E-state index is 10.4. The smallest absolute Gasteiger partial charge is 0.404 e. The average Bonchev–Trinajstić information content (AvgIpc) is 2.55. The highest BCUT2D eigenvalue weighted by atomic mass is 16.4. The Kier molecular flexibility index (Phi) is 6.45. The minimum atomic E-state index is -0.978. The monoisotopic (exact) mass is 298 g/mol. The molecule has 0 radical (unpaired) electrons. The van der Waals surface area contributed by atoms with E-state index in [9.17, 15) is 4.79 Å². The number of amides is 1. The Morgan fingerprint density at radius 2 is 1.41 bits per heavy atom. The van der Waals surface area contributed by atoms with Crippen molar-refractivity contribution in [3.63, 3.8) is 0 Å². The van der Waals surface area contributed by atoms with Crippen molar-refractivity contribution in [2.75, 3.05) is 19.6 Å². The summed E-state index contributed by atoms with van der Waals surface area (Å²) in [4.78, 5) is 10.4. The fourth-order valence-corrected chi connectivity index (χ4v) is 2.53. The molecule has 2 rings (SSSR count). The van der Waals surface area contributed by atoms with E-state index in [0.717, 1.165) is 13.0 Å². The molecule has 2 aromatic rings. The minimum Gasteiger partial charge on any atom is -0.465 e. The maximum Gasteiger partial charge on any atom is 0.404 e. The predicted octanol–water partition coefficient (Wildman–Crippen LogP) is 3.07. The lowest BCUT2D eigenvalue weighted by Gasteiger charge is -2.18. The van der Waals surface area contributed by atoms with Crippen molar-refractivity contribution in [1.82, 2.24) is 10.6 Å². The Morgan fingerprint density at radius 1 is 0.864 bits per heavy atom. The van der Waals surface area contributed by atoms with Gasteiger partial charge in [-0.05, 0) is 24.1 Å². The highest BCUT2D eigenvalue weighted by Gasteiger charge is 2.13. The van der Waals surface area contributed by atoms with Crippen molar-refractivity contribution in [2.45, 2.75) is 12.3 Å². The Balaban J connectivity index is 1.91. The van der Waals surface area contributed by atoms with E-state index in [1.54, 1.807) is 0 Å². The Bertz CT molecular complexity index is 518. The third-order valence-electron chi connectivity index (χ3n) is 3.59. The van der Waals surface area contributed by atoms with E-state index in [1.165, 1.54) is 11.1 Å². The summed E-state index contributed by atoms with van der Waals surface area (Å²) in [5, 5.41) is 14.2. The van der Waals surface area contributed by atoms with Gasteiger partial charge in [0, 0.05) is 19.0 Å². The van der Waals surface area contributed by atoms with Gasteiger partial charge in [-0.1, -0.05) is 60.7 Å². The molecule has 1 amide bonds. The number of hydrogen-bond donors (Lipinski definition) is 3. The predicted molar refractivity (Wildman–Crippen MR) is 88.2 cm³/mol. The molecule has 0 saturated heterocycles. The summed E-state index contributed by atoms with van der Waals surface area (Å²) in [6.45, 7) is 1.91. The van der Waals surface area contributed by atoms with Crippen LogP contribution >= 0.6 is 0 Å². The average molecular weight is 298 g/mol. The van der Waals surface area contributed by atoms with E-state index in [1.807, 2.05) is 12.1 Å². The number of benzene rings is 2. The second-order valence-corrected chi connectivity index (χ2v) is 5.14. The van der Waals surface area contributed by atoms with Gasteiger partial charge >= 0.3 is 6.09 Å². The van der Waals surface area contributed by atoms with E-state index in [4.69, 9.17) is 5.11 Å². The molecule has 22 heavy (non-hydrogen) atoms. The Labute approximate surface area is 131 Å². The van der Waals surface area contributed by atoms with E-state index >= 15 is 0 Å². The normalized spacial score (nSPS) is 10.6. The zero-order chi connectivity index (χ0) is 15.6. The summed E-state index contributed by atoms with van der Waals surface area (Å²) in [5.74, 6) is 0.349. The lowest BCUT2D eigenvalue weighted by molar-refractivity contribution is 0.194. The molecule has 0 aliphatic rings. The molecule has 0 atom stereocenters. The molecule has 4 heteroatoms. The van der Waals surface area contributed by atoms with Crippen LogP contribution in [0.5, 0.6) is 0 Å². The SMILES string of the molecule is O=C(O)NCCNCCC(c1ccccc1)c1ccccc1. The summed E-state index contributed by atoms with van der Waals surface area (Å²) in [6.07, 6.45) is -0.00516. The first kappa shape index (κ1) is 16.0. The lowest BCUT2D eigenvalue weighted by atomic mass is 9.88. The van der Waals surface area contributed by atoms with E-state index in [2.05, 4.69) is 59.2 Å². The summed E-state index contributed by atoms with van der Waals surface area (Å²) in [6, 6.07) is 20.9. The molecule has 0 aliphatic heterocycles. The van der Waals surface area contributed by atoms with Crippen LogP contribution in [0, 0.1) is 0 Å². The van der Waals surface area contributed by atoms with Gasteiger partial charge in [-0.3, -0.25) is 0 Å². The minimum absolute atomic E-state index is 0.349. The highest BCUT2D eigenvalue weighted by molar-refractivity contribution is 5.64. The van der Waals surface area contributed by atoms with Crippen LogP contribution in [0.2, 0.25) is 0 Å². The zero-order valence-corrected chi connectivity index (χ0v) is 12.5. The van der Waals surface area contributed by atoms with Crippen LogP contribution in [0.4, 0.5) is 4.79 Å². The molecular formula is C18H22N2O2. The molecule has 0 heterocycles. The maximum absolute atomic E-state index is 10.4. The van der Waals surface area contributed by atoms with Crippen LogP contribution in [0.3, 0.4) is 0 Å². The molecule has 0 unspecified atom stereocenters. The van der Waals surface area contributed by atoms with Gasteiger partial charge in [0.1, 0.15) is 0 Å². The van der Waals surface area contributed by atoms with Crippen molar-refractivity contribution >= 4 is 6.09 Å². The molecule has 0 fully saturated rings. The molecular weight excluding hydrogens is 276 g/mol. The molecule has 0 bridgehead atoms. The van der Waals surface area contributed by atoms with Gasteiger partial charge in [-0.2, -0.15) is 0 Å². The molecule has 0 aromatic heterocycles. The van der Waals surface area contributed by atoms with Crippen molar-refractivity contribution in [3.8, 4) is 0 Å². The van der Waals surface area contributed by atoms with E-state index < -0.39 is 6.09 Å². The topological polar surface area (TPSA) is 61.4 Å². The zero-order valence-electron chi connectivity index (χ0n) is 12.5. The van der Waals surface area contributed by atoms with Crippen molar-refractivity contribution in [3.05, 3.63) is 71.8 Å². The largest absolute Gasteiger partial charge is 0.465 e. The van der Waals surface area contributed by atoms with Crippen molar-refractivity contribution in [1.29, 1.82) is 0 Å². The fraction of sp³-hybridized carbons (Fsp3) is 0.278. The van der Waals surface area contributed by atoms with Crippen LogP contribution in [0.1, 0.15) is 23.5 Å². The number of nitrogens with one attached hydrogen (secondary N) is 2. The molecule has 4 nitrogen and oxygen atoms in total. The summed E-state index contributed by atoms with van der Waals surface area (Å²) in [5.41, 5.74) is 2.61. The van der Waals surface area contributed by atoms with E-state index in [0.29, 0.717) is 19.0 Å². The van der Waals surface area contributed by atoms with Crippen LogP contribution in [0.15, 0.2) is 60.7 Å². The van der Waals surface area contributed by atoms with E-state index in [-0.39, 0.29) is 0 Å². The first-order valence-electron chi connectivity index (χ1n) is 7.55. The van der Waals surface area contributed by atoms with Gasteiger partial charge in [-0.25, -0.2) is 4.79 Å². The quantitative estimate of drug-likeness (QED) is 0.656. The second kappa shape index (κ2) is 8.85. The standard InChI is InChI=1S/C18H22N2O2/c21-18(22)20-14-13-19-12-11-17(15-7-3-1-4-8-15)16-9-5-2-6-10-16/h1-10,17,19-20H,11-14H2,(H,21,22). The Morgan fingerprint density at radius 3 is 1.91 bits per heavy atom. The Hall–Kier alpha value is -2.33. The van der Waals surface area contributed by atoms with Crippen molar-refractivity contribution < 1.29 is 9.90 Å². The van der Waals surface area contributed by atoms with Crippen LogP contribution in [-0.4, -0.2) is 30.8 Å². The summed E-state index contributed by atoms with van der Waals surface area (Å²) >= 11 is 0. The highest BCUT2D eigenvalue weighted by Crippen LogP contribution is 2.27. The van der Waals surface area contributed by atoms with Gasteiger partial charge in [0.15, 0.2) is 0 Å². The summed E-state index contributed by atoms with van der Waals surface area (Å²) in [7, 11) is 0. The molecule has 0 saturated carbocycles. The first-order valence-corrected chi connectivity index (χ1v) is 7.55. The van der Waals surface area contributed by atoms with Gasteiger partial charge in [0.2, 0.25) is 0 Å². The van der Waals surface area contributed by atoms with Crippen LogP contribution in [-0.2, 0) is 0 Å². The third kappa shape index (κ3) is 5.22. The van der Waals surface area contributed by atoms with Crippen LogP contribution in [0.25, 0.3) is 0 Å². The first-order chi connectivity index (χ1) is 10.8. The number of hydrogen-bond acceptors (Lipinski definition) is 2. The van der Waals surface area contributed by atoms with Gasteiger partial charge < -0.3 is 15.7 Å². The molecule has 0 spiro atoms.